The summed E-state index contributed by atoms with van der Waals surface area (Å²) >= 11 is 0. The fourth-order valence-electron chi connectivity index (χ4n) is 2.88. The molecule has 1 aliphatic rings. The van der Waals surface area contributed by atoms with Gasteiger partial charge in [-0.1, -0.05) is 0 Å². The van der Waals surface area contributed by atoms with Gasteiger partial charge in [-0.3, -0.25) is 0 Å². The molecule has 1 fully saturated rings. The van der Waals surface area contributed by atoms with Crippen molar-refractivity contribution in [3.63, 3.8) is 0 Å². The monoisotopic (exact) mass is 281 g/mol. The summed E-state index contributed by atoms with van der Waals surface area (Å²) in [4.78, 5) is 7.71. The molecule has 0 spiro atoms. The molecule has 0 bridgehead atoms. The van der Waals surface area contributed by atoms with E-state index in [1.54, 1.807) is 12.1 Å². The van der Waals surface area contributed by atoms with Gasteiger partial charge in [0.1, 0.15) is 5.82 Å². The number of nitrogens with one attached hydrogen (secondary N) is 1. The van der Waals surface area contributed by atoms with Gasteiger partial charge in [-0.15, -0.1) is 0 Å². The van der Waals surface area contributed by atoms with Crippen molar-refractivity contribution < 1.29 is 4.39 Å². The predicted molar refractivity (Wildman–Crippen MR) is 80.3 cm³/mol. The van der Waals surface area contributed by atoms with Crippen molar-refractivity contribution in [1.82, 2.24) is 14.5 Å². The first-order chi connectivity index (χ1) is 10.3. The first kappa shape index (κ1) is 12.4. The maximum absolute atomic E-state index is 13.1. The Kier molecular flexibility index (Phi) is 2.88. The van der Waals surface area contributed by atoms with E-state index in [9.17, 15) is 4.39 Å². The van der Waals surface area contributed by atoms with E-state index in [0.717, 1.165) is 22.5 Å². The van der Waals surface area contributed by atoms with E-state index in [-0.39, 0.29) is 5.82 Å². The lowest BCUT2D eigenvalue weighted by molar-refractivity contribution is 0.316. The molecule has 3 nitrogen and oxygen atoms in total. The number of imidazole rings is 1. The van der Waals surface area contributed by atoms with E-state index in [4.69, 9.17) is 0 Å². The fourth-order valence-corrected chi connectivity index (χ4v) is 2.88. The SMILES string of the molecule is Fc1ccc(-c2ncn(C3CCC3)c2-c2cc[nH]c2)cc1. The number of benzene rings is 1. The van der Waals surface area contributed by atoms with Crippen molar-refractivity contribution in [1.29, 1.82) is 0 Å². The van der Waals surface area contributed by atoms with Gasteiger partial charge in [0.15, 0.2) is 0 Å². The Bertz CT molecular complexity index is 737. The summed E-state index contributed by atoms with van der Waals surface area (Å²) < 4.78 is 15.4. The highest BCUT2D eigenvalue weighted by atomic mass is 19.1. The smallest absolute Gasteiger partial charge is 0.123 e. The van der Waals surface area contributed by atoms with Crippen molar-refractivity contribution in [2.75, 3.05) is 0 Å². The lowest BCUT2D eigenvalue weighted by Crippen LogP contribution is -2.16. The van der Waals surface area contributed by atoms with Gasteiger partial charge in [0.05, 0.1) is 17.7 Å². The van der Waals surface area contributed by atoms with Gasteiger partial charge in [0.2, 0.25) is 0 Å². The van der Waals surface area contributed by atoms with Gasteiger partial charge in [-0.05, 0) is 49.6 Å². The highest BCUT2D eigenvalue weighted by Crippen LogP contribution is 2.39. The summed E-state index contributed by atoms with van der Waals surface area (Å²) in [6.45, 7) is 0. The van der Waals surface area contributed by atoms with Crippen LogP contribution in [0.5, 0.6) is 0 Å². The van der Waals surface area contributed by atoms with Crippen LogP contribution in [0.15, 0.2) is 49.1 Å². The minimum Gasteiger partial charge on any atom is -0.367 e. The van der Waals surface area contributed by atoms with E-state index < -0.39 is 0 Å². The average molecular weight is 281 g/mol. The highest BCUT2D eigenvalue weighted by molar-refractivity contribution is 5.78. The maximum atomic E-state index is 13.1. The van der Waals surface area contributed by atoms with Crippen molar-refractivity contribution >= 4 is 0 Å². The molecule has 0 atom stereocenters. The van der Waals surface area contributed by atoms with Crippen molar-refractivity contribution in [2.24, 2.45) is 0 Å². The number of aromatic amines is 1. The molecule has 2 aromatic heterocycles. The lowest BCUT2D eigenvalue weighted by atomic mass is 9.92. The zero-order valence-electron chi connectivity index (χ0n) is 11.6. The summed E-state index contributed by atoms with van der Waals surface area (Å²) in [5.41, 5.74) is 4.11. The molecule has 0 aliphatic heterocycles. The lowest BCUT2D eigenvalue weighted by Gasteiger charge is -2.28. The molecule has 2 heterocycles. The van der Waals surface area contributed by atoms with E-state index in [0.29, 0.717) is 6.04 Å². The van der Waals surface area contributed by atoms with Gasteiger partial charge in [-0.25, -0.2) is 9.37 Å². The Morgan fingerprint density at radius 2 is 1.90 bits per heavy atom. The molecular formula is C17H16FN3. The van der Waals surface area contributed by atoms with Gasteiger partial charge in [0, 0.05) is 29.6 Å². The highest BCUT2D eigenvalue weighted by Gasteiger charge is 2.25. The molecule has 0 unspecified atom stereocenters. The van der Waals surface area contributed by atoms with Crippen LogP contribution in [-0.4, -0.2) is 14.5 Å². The molecule has 4 heteroatoms. The van der Waals surface area contributed by atoms with Crippen LogP contribution >= 0.6 is 0 Å². The molecule has 3 aromatic rings. The minimum atomic E-state index is -0.222. The summed E-state index contributed by atoms with van der Waals surface area (Å²) in [5, 5.41) is 0. The van der Waals surface area contributed by atoms with E-state index in [1.165, 1.54) is 31.4 Å². The Morgan fingerprint density at radius 3 is 2.52 bits per heavy atom. The number of aromatic nitrogens is 3. The molecule has 1 aliphatic carbocycles. The molecule has 1 N–H and O–H groups in total. The Hall–Kier alpha value is -2.36. The van der Waals surface area contributed by atoms with Crippen LogP contribution < -0.4 is 0 Å². The van der Waals surface area contributed by atoms with Crippen LogP contribution in [0.2, 0.25) is 0 Å². The third kappa shape index (κ3) is 2.07. The van der Waals surface area contributed by atoms with Crippen LogP contribution in [0.3, 0.4) is 0 Å². The second-order valence-corrected chi connectivity index (χ2v) is 5.54. The molecular weight excluding hydrogens is 265 g/mol. The number of nitrogens with zero attached hydrogens (tertiary/aromatic N) is 2. The zero-order chi connectivity index (χ0) is 14.2. The van der Waals surface area contributed by atoms with Gasteiger partial charge >= 0.3 is 0 Å². The predicted octanol–water partition coefficient (Wildman–Crippen LogP) is 4.41. The molecule has 21 heavy (non-hydrogen) atoms. The number of hydrogen-bond acceptors (Lipinski definition) is 1. The normalized spacial score (nSPS) is 15.1. The quantitative estimate of drug-likeness (QED) is 0.758. The average Bonchev–Trinajstić information content (AvgIpc) is 3.06. The zero-order valence-corrected chi connectivity index (χ0v) is 11.6. The van der Waals surface area contributed by atoms with Crippen LogP contribution in [0.1, 0.15) is 25.3 Å². The summed E-state index contributed by atoms with van der Waals surface area (Å²) in [7, 11) is 0. The topological polar surface area (TPSA) is 33.6 Å². The summed E-state index contributed by atoms with van der Waals surface area (Å²) in [6.07, 6.45) is 9.51. The molecule has 0 amide bonds. The molecule has 1 saturated carbocycles. The van der Waals surface area contributed by atoms with Crippen LogP contribution in [0.25, 0.3) is 22.5 Å². The third-order valence-electron chi connectivity index (χ3n) is 4.25. The fraction of sp³-hybridized carbons (Fsp3) is 0.235. The molecule has 1 aromatic carbocycles. The van der Waals surface area contributed by atoms with Crippen LogP contribution in [0, 0.1) is 5.82 Å². The Morgan fingerprint density at radius 1 is 1.10 bits per heavy atom. The molecule has 106 valence electrons. The van der Waals surface area contributed by atoms with E-state index in [2.05, 4.69) is 20.6 Å². The second-order valence-electron chi connectivity index (χ2n) is 5.54. The van der Waals surface area contributed by atoms with Crippen LogP contribution in [-0.2, 0) is 0 Å². The maximum Gasteiger partial charge on any atom is 0.123 e. The first-order valence-electron chi connectivity index (χ1n) is 7.29. The van der Waals surface area contributed by atoms with Gasteiger partial charge < -0.3 is 9.55 Å². The molecule has 0 saturated heterocycles. The standard InChI is InChI=1S/C17H16FN3/c18-14-6-4-12(5-7-14)16-17(13-8-9-19-10-13)21(11-20-16)15-2-1-3-15/h4-11,15,19H,1-3H2. The number of rotatable bonds is 3. The van der Waals surface area contributed by atoms with Crippen molar-refractivity contribution in [3.8, 4) is 22.5 Å². The number of hydrogen-bond donors (Lipinski definition) is 1. The van der Waals surface area contributed by atoms with Gasteiger partial charge in [0.25, 0.3) is 0 Å². The Balaban J connectivity index is 1.87. The minimum absolute atomic E-state index is 0.222. The molecule has 0 radical (unpaired) electrons. The van der Waals surface area contributed by atoms with Gasteiger partial charge in [-0.2, -0.15) is 0 Å². The van der Waals surface area contributed by atoms with Crippen LogP contribution in [0.4, 0.5) is 4.39 Å². The largest absolute Gasteiger partial charge is 0.367 e. The number of halogens is 1. The number of H-pyrrole nitrogens is 1. The van der Waals surface area contributed by atoms with Crippen molar-refractivity contribution in [3.05, 3.63) is 54.9 Å². The second kappa shape index (κ2) is 4.88. The van der Waals surface area contributed by atoms with E-state index >= 15 is 0 Å². The summed E-state index contributed by atoms with van der Waals surface area (Å²) in [6, 6.07) is 9.14. The van der Waals surface area contributed by atoms with E-state index in [1.807, 2.05) is 18.7 Å². The molecule has 4 rings (SSSR count). The first-order valence-corrected chi connectivity index (χ1v) is 7.29. The summed E-state index contributed by atoms with van der Waals surface area (Å²) in [5.74, 6) is -0.222. The third-order valence-corrected chi connectivity index (χ3v) is 4.25. The van der Waals surface area contributed by atoms with Crippen molar-refractivity contribution in [2.45, 2.75) is 25.3 Å². The Labute approximate surface area is 122 Å².